The molecule has 0 bridgehead atoms. The second-order valence-corrected chi connectivity index (χ2v) is 3.50. The zero-order valence-corrected chi connectivity index (χ0v) is 7.16. The number of rotatable bonds is 1. The lowest BCUT2D eigenvalue weighted by atomic mass is 10.0. The van der Waals surface area contributed by atoms with E-state index in [2.05, 4.69) is 0 Å². The monoisotopic (exact) mass is 171 g/mol. The number of carbonyl (C=O) groups excluding carboxylic acids is 1. The zero-order valence-electron chi connectivity index (χ0n) is 7.16. The van der Waals surface area contributed by atoms with Gasteiger partial charge in [-0.1, -0.05) is 13.3 Å². The highest BCUT2D eigenvalue weighted by Gasteiger charge is 2.32. The Hall–Kier alpha value is -0.930. The standard InChI is InChI=1S/C8H13NO3/c1-6-3-2-4-8(10)7(5-6)9(11)12/h6-7H,2-5H2,1H3. The molecular formula is C8H13NO3. The van der Waals surface area contributed by atoms with E-state index in [0.29, 0.717) is 18.8 Å². The van der Waals surface area contributed by atoms with Gasteiger partial charge < -0.3 is 0 Å². The Morgan fingerprint density at radius 3 is 2.83 bits per heavy atom. The summed E-state index contributed by atoms with van der Waals surface area (Å²) in [5, 5.41) is 10.4. The number of carbonyl (C=O) groups is 1. The Bertz CT molecular complexity index is 202. The Morgan fingerprint density at radius 2 is 2.25 bits per heavy atom. The maximum absolute atomic E-state index is 11.2. The molecule has 0 spiro atoms. The SMILES string of the molecule is CC1CCCC(=O)C([N+](=O)[O-])C1. The molecule has 0 aromatic carbocycles. The van der Waals surface area contributed by atoms with Crippen molar-refractivity contribution in [2.75, 3.05) is 0 Å². The van der Waals surface area contributed by atoms with Crippen molar-refractivity contribution in [1.82, 2.24) is 0 Å². The molecule has 12 heavy (non-hydrogen) atoms. The molecular weight excluding hydrogens is 158 g/mol. The molecule has 1 aliphatic carbocycles. The smallest absolute Gasteiger partial charge is 0.270 e. The first-order valence-electron chi connectivity index (χ1n) is 4.27. The molecule has 4 nitrogen and oxygen atoms in total. The molecule has 1 aliphatic rings. The van der Waals surface area contributed by atoms with Crippen LogP contribution in [-0.4, -0.2) is 16.7 Å². The Kier molecular flexibility index (Phi) is 2.78. The van der Waals surface area contributed by atoms with Crippen LogP contribution >= 0.6 is 0 Å². The molecule has 1 fully saturated rings. The fraction of sp³-hybridized carbons (Fsp3) is 0.875. The van der Waals surface area contributed by atoms with Crippen molar-refractivity contribution in [3.8, 4) is 0 Å². The fourth-order valence-corrected chi connectivity index (χ4v) is 1.63. The summed E-state index contributed by atoms with van der Waals surface area (Å²) < 4.78 is 0. The number of Topliss-reactive ketones (excluding diaryl/α,β-unsaturated/α-hetero) is 1. The van der Waals surface area contributed by atoms with E-state index in [9.17, 15) is 14.9 Å². The van der Waals surface area contributed by atoms with Crippen LogP contribution in [0.15, 0.2) is 0 Å². The number of nitrogens with zero attached hydrogens (tertiary/aromatic N) is 1. The van der Waals surface area contributed by atoms with E-state index in [1.807, 2.05) is 6.92 Å². The van der Waals surface area contributed by atoms with Gasteiger partial charge in [-0.3, -0.25) is 14.9 Å². The molecule has 2 atom stereocenters. The van der Waals surface area contributed by atoms with E-state index in [-0.39, 0.29) is 5.78 Å². The third-order valence-electron chi connectivity index (χ3n) is 2.37. The van der Waals surface area contributed by atoms with Crippen LogP contribution in [0.5, 0.6) is 0 Å². The first kappa shape index (κ1) is 9.16. The number of nitro groups is 1. The maximum atomic E-state index is 11.2. The van der Waals surface area contributed by atoms with Crippen molar-refractivity contribution in [2.45, 2.75) is 38.6 Å². The fourth-order valence-electron chi connectivity index (χ4n) is 1.63. The minimum absolute atomic E-state index is 0.190. The summed E-state index contributed by atoms with van der Waals surface area (Å²) in [4.78, 5) is 21.2. The zero-order chi connectivity index (χ0) is 9.14. The van der Waals surface area contributed by atoms with E-state index in [1.165, 1.54) is 0 Å². The van der Waals surface area contributed by atoms with Crippen LogP contribution in [0, 0.1) is 16.0 Å². The summed E-state index contributed by atoms with van der Waals surface area (Å²) in [6, 6.07) is -0.928. The molecule has 4 heteroatoms. The van der Waals surface area contributed by atoms with E-state index >= 15 is 0 Å². The largest absolute Gasteiger partial charge is 0.292 e. The topological polar surface area (TPSA) is 60.2 Å². The lowest BCUT2D eigenvalue weighted by molar-refractivity contribution is -0.509. The molecule has 0 aromatic heterocycles. The van der Waals surface area contributed by atoms with Crippen LogP contribution < -0.4 is 0 Å². The van der Waals surface area contributed by atoms with Gasteiger partial charge in [-0.15, -0.1) is 0 Å². The van der Waals surface area contributed by atoms with Crippen molar-refractivity contribution < 1.29 is 9.72 Å². The molecule has 1 saturated carbocycles. The van der Waals surface area contributed by atoms with Gasteiger partial charge in [-0.25, -0.2) is 0 Å². The highest BCUT2D eigenvalue weighted by molar-refractivity contribution is 5.82. The Balaban J connectivity index is 2.67. The van der Waals surface area contributed by atoms with E-state index < -0.39 is 11.0 Å². The average Bonchev–Trinajstić information content (AvgIpc) is 2.13. The lowest BCUT2D eigenvalue weighted by Gasteiger charge is -2.07. The summed E-state index contributed by atoms with van der Waals surface area (Å²) in [5.74, 6) is 0.121. The van der Waals surface area contributed by atoms with Gasteiger partial charge in [0.15, 0.2) is 0 Å². The van der Waals surface area contributed by atoms with Crippen molar-refractivity contribution in [3.63, 3.8) is 0 Å². The first-order valence-corrected chi connectivity index (χ1v) is 4.27. The molecule has 2 unspecified atom stereocenters. The minimum atomic E-state index is -0.928. The Labute approximate surface area is 71.1 Å². The van der Waals surface area contributed by atoms with Crippen molar-refractivity contribution in [2.24, 2.45) is 5.92 Å². The molecule has 0 amide bonds. The van der Waals surface area contributed by atoms with E-state index in [0.717, 1.165) is 12.8 Å². The second-order valence-electron chi connectivity index (χ2n) is 3.50. The molecule has 0 radical (unpaired) electrons. The van der Waals surface area contributed by atoms with Crippen LogP contribution in [-0.2, 0) is 4.79 Å². The highest BCUT2D eigenvalue weighted by atomic mass is 16.6. The van der Waals surface area contributed by atoms with Gasteiger partial charge in [0.1, 0.15) is 0 Å². The van der Waals surface area contributed by atoms with E-state index in [1.54, 1.807) is 0 Å². The summed E-state index contributed by atoms with van der Waals surface area (Å²) in [6.45, 7) is 1.97. The quantitative estimate of drug-likeness (QED) is 0.340. The van der Waals surface area contributed by atoms with Crippen LogP contribution in [0.2, 0.25) is 0 Å². The van der Waals surface area contributed by atoms with Gasteiger partial charge in [0.2, 0.25) is 5.78 Å². The van der Waals surface area contributed by atoms with Gasteiger partial charge in [0, 0.05) is 17.8 Å². The van der Waals surface area contributed by atoms with E-state index in [4.69, 9.17) is 0 Å². The highest BCUT2D eigenvalue weighted by Crippen LogP contribution is 2.21. The summed E-state index contributed by atoms with van der Waals surface area (Å²) in [6.07, 6.45) is 2.56. The number of hydrogen-bond donors (Lipinski definition) is 0. The number of ketones is 1. The maximum Gasteiger partial charge on any atom is 0.270 e. The van der Waals surface area contributed by atoms with Crippen molar-refractivity contribution in [1.29, 1.82) is 0 Å². The molecule has 0 saturated heterocycles. The van der Waals surface area contributed by atoms with Crippen LogP contribution in [0.3, 0.4) is 0 Å². The van der Waals surface area contributed by atoms with Gasteiger partial charge in [-0.05, 0) is 12.3 Å². The predicted molar refractivity (Wildman–Crippen MR) is 43.4 cm³/mol. The van der Waals surface area contributed by atoms with Gasteiger partial charge in [-0.2, -0.15) is 0 Å². The summed E-state index contributed by atoms with van der Waals surface area (Å²) >= 11 is 0. The van der Waals surface area contributed by atoms with Gasteiger partial charge >= 0.3 is 0 Å². The Morgan fingerprint density at radius 1 is 1.58 bits per heavy atom. The van der Waals surface area contributed by atoms with Crippen LogP contribution in [0.25, 0.3) is 0 Å². The van der Waals surface area contributed by atoms with Crippen molar-refractivity contribution in [3.05, 3.63) is 10.1 Å². The second kappa shape index (κ2) is 3.65. The average molecular weight is 171 g/mol. The van der Waals surface area contributed by atoms with Crippen LogP contribution in [0.1, 0.15) is 32.6 Å². The summed E-state index contributed by atoms with van der Waals surface area (Å²) in [7, 11) is 0. The summed E-state index contributed by atoms with van der Waals surface area (Å²) in [5.41, 5.74) is 0. The van der Waals surface area contributed by atoms with Crippen LogP contribution in [0.4, 0.5) is 0 Å². The third-order valence-corrected chi connectivity index (χ3v) is 2.37. The molecule has 0 N–H and O–H groups in total. The first-order chi connectivity index (χ1) is 5.61. The lowest BCUT2D eigenvalue weighted by Crippen LogP contribution is -2.29. The molecule has 1 rings (SSSR count). The minimum Gasteiger partial charge on any atom is -0.292 e. The molecule has 0 aromatic rings. The molecule has 0 aliphatic heterocycles. The molecule has 68 valence electrons. The number of hydrogen-bond acceptors (Lipinski definition) is 3. The van der Waals surface area contributed by atoms with Crippen molar-refractivity contribution >= 4 is 5.78 Å². The normalized spacial score (nSPS) is 31.2. The predicted octanol–water partition coefficient (Wildman–Crippen LogP) is 1.41. The van der Waals surface area contributed by atoms with Gasteiger partial charge in [0.05, 0.1) is 0 Å². The third kappa shape index (κ3) is 2.03. The van der Waals surface area contributed by atoms with Gasteiger partial charge in [0.25, 0.3) is 6.04 Å². The molecule has 0 heterocycles.